The molecule has 1 saturated heterocycles. The minimum Gasteiger partial charge on any atom is -0.477 e. The number of benzene rings is 1. The third-order valence-electron chi connectivity index (χ3n) is 6.69. The van der Waals surface area contributed by atoms with Gasteiger partial charge in [0.05, 0.1) is 17.6 Å². The summed E-state index contributed by atoms with van der Waals surface area (Å²) >= 11 is 0. The lowest BCUT2D eigenvalue weighted by Gasteiger charge is -2.23. The normalized spacial score (nSPS) is 20.5. The summed E-state index contributed by atoms with van der Waals surface area (Å²) in [4.78, 5) is 36.1. The second-order valence-corrected chi connectivity index (χ2v) is 9.40. The van der Waals surface area contributed by atoms with Gasteiger partial charge in [-0.1, -0.05) is 42.4 Å². The van der Waals surface area contributed by atoms with E-state index in [0.717, 1.165) is 24.5 Å². The average molecular weight is 516 g/mol. The quantitative estimate of drug-likeness (QED) is 0.462. The van der Waals surface area contributed by atoms with E-state index in [9.17, 15) is 14.7 Å². The van der Waals surface area contributed by atoms with Crippen LogP contribution in [0.15, 0.2) is 52.5 Å². The first-order valence-corrected chi connectivity index (χ1v) is 11.5. The lowest BCUT2D eigenvalue weighted by atomic mass is 9.88. The van der Waals surface area contributed by atoms with Crippen LogP contribution in [0, 0.1) is 11.2 Å². The van der Waals surface area contributed by atoms with E-state index in [1.807, 2.05) is 37.3 Å². The van der Waals surface area contributed by atoms with Gasteiger partial charge in [0.1, 0.15) is 17.8 Å². The summed E-state index contributed by atoms with van der Waals surface area (Å²) < 4.78 is 17.0. The maximum Gasteiger partial charge on any atom is 0.341 e. The molecule has 11 heteroatoms. The number of aromatic nitrogens is 2. The Balaban J connectivity index is 0.00000304. The van der Waals surface area contributed by atoms with E-state index >= 15 is 4.39 Å². The Labute approximate surface area is 212 Å². The Kier molecular flexibility index (Phi) is 7.01. The van der Waals surface area contributed by atoms with Crippen LogP contribution >= 0.6 is 12.4 Å². The van der Waals surface area contributed by atoms with Crippen molar-refractivity contribution >= 4 is 40.9 Å². The number of nitrogens with zero attached hydrogens (tertiary/aromatic N) is 4. The summed E-state index contributed by atoms with van der Waals surface area (Å²) in [6.07, 6.45) is 3.00. The molecule has 1 atom stereocenters. The van der Waals surface area contributed by atoms with Gasteiger partial charge in [-0.2, -0.15) is 0 Å². The molecule has 1 unspecified atom stereocenters. The first-order chi connectivity index (χ1) is 16.8. The SMILES string of the molecule is CC1(CN)CN(c2nc3c(cc2F)c(=O)c(C(=O)O)cn3C2CC2)CC1=NOCc1ccccc1.Cl. The second-order valence-electron chi connectivity index (χ2n) is 9.40. The van der Waals surface area contributed by atoms with E-state index in [1.165, 1.54) is 6.20 Å². The molecule has 3 N–H and O–H groups in total. The number of fused-ring (bicyclic) bond motifs is 1. The number of nitrogens with two attached hydrogens (primary N) is 1. The smallest absolute Gasteiger partial charge is 0.341 e. The van der Waals surface area contributed by atoms with Crippen LogP contribution in [0.25, 0.3) is 11.0 Å². The van der Waals surface area contributed by atoms with Crippen molar-refractivity contribution in [3.63, 3.8) is 0 Å². The number of aromatic carboxylic acids is 1. The zero-order chi connectivity index (χ0) is 24.7. The molecular weight excluding hydrogens is 489 g/mol. The number of hydrogen-bond acceptors (Lipinski definition) is 7. The Morgan fingerprint density at radius 2 is 2.06 bits per heavy atom. The first-order valence-electron chi connectivity index (χ1n) is 11.5. The average Bonchev–Trinajstić information content (AvgIpc) is 3.63. The molecule has 0 spiro atoms. The summed E-state index contributed by atoms with van der Waals surface area (Å²) in [5, 5.41) is 13.7. The third kappa shape index (κ3) is 4.66. The largest absolute Gasteiger partial charge is 0.477 e. The van der Waals surface area contributed by atoms with Crippen LogP contribution in [0.1, 0.15) is 41.7 Å². The van der Waals surface area contributed by atoms with Gasteiger partial charge in [-0.15, -0.1) is 12.4 Å². The van der Waals surface area contributed by atoms with Gasteiger partial charge in [-0.05, 0) is 24.5 Å². The molecule has 1 saturated carbocycles. The fourth-order valence-corrected chi connectivity index (χ4v) is 4.41. The number of rotatable bonds is 7. The molecule has 2 fully saturated rings. The van der Waals surface area contributed by atoms with Crippen LogP contribution < -0.4 is 16.1 Å². The molecule has 9 nitrogen and oxygen atoms in total. The fourth-order valence-electron chi connectivity index (χ4n) is 4.41. The van der Waals surface area contributed by atoms with Crippen LogP contribution in [0.5, 0.6) is 0 Å². The van der Waals surface area contributed by atoms with E-state index < -0.39 is 22.6 Å². The number of halogens is 2. The van der Waals surface area contributed by atoms with Crippen molar-refractivity contribution in [2.24, 2.45) is 16.3 Å². The van der Waals surface area contributed by atoms with Crippen LogP contribution in [0.3, 0.4) is 0 Å². The molecule has 5 rings (SSSR count). The van der Waals surface area contributed by atoms with E-state index in [-0.39, 0.29) is 54.0 Å². The van der Waals surface area contributed by atoms with Crippen LogP contribution in [0.4, 0.5) is 10.2 Å². The highest BCUT2D eigenvalue weighted by atomic mass is 35.5. The van der Waals surface area contributed by atoms with E-state index in [0.29, 0.717) is 18.9 Å². The molecule has 190 valence electrons. The predicted octanol–water partition coefficient (Wildman–Crippen LogP) is 3.35. The molecule has 0 radical (unpaired) electrons. The number of hydrogen-bond donors (Lipinski definition) is 2. The molecule has 3 aromatic rings. The monoisotopic (exact) mass is 515 g/mol. The minimum absolute atomic E-state index is 0. The Morgan fingerprint density at radius 3 is 2.69 bits per heavy atom. The molecule has 1 aliphatic heterocycles. The summed E-state index contributed by atoms with van der Waals surface area (Å²) in [5.41, 5.74) is 6.31. The van der Waals surface area contributed by atoms with Crippen molar-refractivity contribution in [1.82, 2.24) is 9.55 Å². The predicted molar refractivity (Wildman–Crippen MR) is 136 cm³/mol. The van der Waals surface area contributed by atoms with Crippen LogP contribution in [-0.4, -0.2) is 46.0 Å². The van der Waals surface area contributed by atoms with Crippen LogP contribution in [0.2, 0.25) is 0 Å². The number of carboxylic acid groups (broad SMARTS) is 1. The zero-order valence-electron chi connectivity index (χ0n) is 19.7. The van der Waals surface area contributed by atoms with Crippen molar-refractivity contribution in [3.05, 3.63) is 69.8 Å². The molecule has 1 aliphatic carbocycles. The summed E-state index contributed by atoms with van der Waals surface area (Å²) in [6.45, 7) is 3.15. The van der Waals surface area contributed by atoms with Gasteiger partial charge in [0.15, 0.2) is 11.6 Å². The minimum atomic E-state index is -1.34. The number of carboxylic acids is 1. The first kappa shape index (κ1) is 25.6. The van der Waals surface area contributed by atoms with Gasteiger partial charge in [0.2, 0.25) is 5.43 Å². The molecule has 36 heavy (non-hydrogen) atoms. The molecular formula is C25H27ClFN5O4. The molecule has 0 bridgehead atoms. The number of carbonyl (C=O) groups is 1. The number of pyridine rings is 2. The lowest BCUT2D eigenvalue weighted by Crippen LogP contribution is -2.36. The van der Waals surface area contributed by atoms with Crippen molar-refractivity contribution < 1.29 is 19.1 Å². The van der Waals surface area contributed by atoms with Crippen molar-refractivity contribution in [2.45, 2.75) is 32.4 Å². The van der Waals surface area contributed by atoms with Crippen molar-refractivity contribution in [2.75, 3.05) is 24.5 Å². The van der Waals surface area contributed by atoms with Gasteiger partial charge < -0.3 is 25.1 Å². The topological polar surface area (TPSA) is 123 Å². The number of anilines is 1. The molecule has 1 aromatic carbocycles. The second kappa shape index (κ2) is 9.87. The highest BCUT2D eigenvalue weighted by Gasteiger charge is 2.41. The van der Waals surface area contributed by atoms with E-state index in [2.05, 4.69) is 10.1 Å². The zero-order valence-corrected chi connectivity index (χ0v) is 20.5. The van der Waals surface area contributed by atoms with Crippen molar-refractivity contribution in [3.8, 4) is 0 Å². The highest BCUT2D eigenvalue weighted by molar-refractivity contribution is 5.97. The maximum atomic E-state index is 15.3. The summed E-state index contributed by atoms with van der Waals surface area (Å²) in [6, 6.07) is 10.8. The maximum absolute atomic E-state index is 15.3. The van der Waals surface area contributed by atoms with Crippen LogP contribution in [-0.2, 0) is 11.4 Å². The van der Waals surface area contributed by atoms with E-state index in [4.69, 9.17) is 10.6 Å². The van der Waals surface area contributed by atoms with Gasteiger partial charge in [-0.3, -0.25) is 4.79 Å². The molecule has 0 amide bonds. The third-order valence-corrected chi connectivity index (χ3v) is 6.69. The summed E-state index contributed by atoms with van der Waals surface area (Å²) in [5.74, 6) is -1.97. The standard InChI is InChI=1S/C25H26FN5O4.ClH/c1-25(13-27)14-30(11-20(25)29-35-12-15-5-3-2-4-6-15)23-19(26)9-17-21(32)18(24(33)34)10-31(16-7-8-16)22(17)28-23;/h2-6,9-10,16H,7-8,11-14,27H2,1H3,(H,33,34);1H. The fraction of sp³-hybridized carbons (Fsp3) is 0.360. The Morgan fingerprint density at radius 1 is 1.33 bits per heavy atom. The van der Waals surface area contributed by atoms with Crippen molar-refractivity contribution in [1.29, 1.82) is 0 Å². The Hall–Kier alpha value is -3.50. The highest BCUT2D eigenvalue weighted by Crippen LogP contribution is 2.38. The Bertz CT molecular complexity index is 1390. The molecule has 2 aromatic heterocycles. The van der Waals surface area contributed by atoms with Gasteiger partial charge in [0.25, 0.3) is 0 Å². The lowest BCUT2D eigenvalue weighted by molar-refractivity contribution is 0.0695. The van der Waals surface area contributed by atoms with E-state index in [1.54, 1.807) is 9.47 Å². The van der Waals surface area contributed by atoms with Gasteiger partial charge >= 0.3 is 5.97 Å². The summed E-state index contributed by atoms with van der Waals surface area (Å²) in [7, 11) is 0. The molecule has 2 aliphatic rings. The molecule has 3 heterocycles. The van der Waals surface area contributed by atoms with Gasteiger partial charge in [-0.25, -0.2) is 14.2 Å². The van der Waals surface area contributed by atoms with Gasteiger partial charge in [0, 0.05) is 30.7 Å². The number of oxime groups is 1.